The summed E-state index contributed by atoms with van der Waals surface area (Å²) in [7, 11) is 0. The topological polar surface area (TPSA) is 77.5 Å². The van der Waals surface area contributed by atoms with Gasteiger partial charge in [0.2, 0.25) is 0 Å². The van der Waals surface area contributed by atoms with E-state index >= 15 is 0 Å². The van der Waals surface area contributed by atoms with E-state index in [2.05, 4.69) is 108 Å². The number of hydrazone groups is 1. The van der Waals surface area contributed by atoms with Crippen LogP contribution in [0.2, 0.25) is 0 Å². The molecule has 0 unspecified atom stereocenters. The fourth-order valence-corrected chi connectivity index (χ4v) is 6.37. The smallest absolute Gasteiger partial charge is 0.151 e. The van der Waals surface area contributed by atoms with Crippen LogP contribution in [-0.4, -0.2) is 5.84 Å². The van der Waals surface area contributed by atoms with Crippen molar-refractivity contribution in [1.29, 1.82) is 0 Å². The quantitative estimate of drug-likeness (QED) is 0.0791. The van der Waals surface area contributed by atoms with Gasteiger partial charge in [0, 0.05) is 27.3 Å². The number of hydrogen-bond acceptors (Lipinski definition) is 3. The van der Waals surface area contributed by atoms with Gasteiger partial charge < -0.3 is 16.0 Å². The Morgan fingerprint density at radius 2 is 1.05 bits per heavy atom. The van der Waals surface area contributed by atoms with E-state index in [0.29, 0.717) is 5.84 Å². The van der Waals surface area contributed by atoms with Gasteiger partial charge in [0.05, 0.1) is 0 Å². The number of rotatable bonds is 3. The number of amidine groups is 1. The summed E-state index contributed by atoms with van der Waals surface area (Å²) < 4.78 is 6.32. The van der Waals surface area contributed by atoms with Crippen molar-refractivity contribution in [2.24, 2.45) is 16.7 Å². The number of para-hydroxylation sites is 1. The standard InChI is InChI=1S/C37H25N3O/c38-37(40-39)35-29-14-5-2-10-25(29)24-9-1-4-13-28(24)34(35)23-19-17-22(18-20-23)31-21-32-27-12-7-8-16-33(27)41-36(32)30-15-6-3-11-26(30)31/h1-21H,39H2,(H2,38,40). The minimum absolute atomic E-state index is 0.314. The van der Waals surface area contributed by atoms with Gasteiger partial charge in [0.1, 0.15) is 11.2 Å². The Balaban J connectivity index is 1.39. The molecule has 0 atom stereocenters. The number of fused-ring (bicyclic) bond motifs is 8. The predicted molar refractivity (Wildman–Crippen MR) is 172 cm³/mol. The summed E-state index contributed by atoms with van der Waals surface area (Å²) in [5, 5.41) is 12.9. The Bertz CT molecular complexity index is 2330. The van der Waals surface area contributed by atoms with Gasteiger partial charge in [0.25, 0.3) is 0 Å². The van der Waals surface area contributed by atoms with Crippen molar-refractivity contribution in [3.8, 4) is 22.3 Å². The molecule has 8 rings (SSSR count). The van der Waals surface area contributed by atoms with E-state index in [9.17, 15) is 0 Å². The normalized spacial score (nSPS) is 12.2. The van der Waals surface area contributed by atoms with Crippen LogP contribution in [0.5, 0.6) is 0 Å². The summed E-state index contributed by atoms with van der Waals surface area (Å²) in [4.78, 5) is 0. The van der Waals surface area contributed by atoms with Crippen LogP contribution < -0.4 is 11.6 Å². The van der Waals surface area contributed by atoms with Crippen molar-refractivity contribution in [3.05, 3.63) is 133 Å². The Kier molecular flexibility index (Phi) is 5.09. The van der Waals surface area contributed by atoms with Gasteiger partial charge >= 0.3 is 0 Å². The molecule has 0 saturated heterocycles. The van der Waals surface area contributed by atoms with E-state index in [-0.39, 0.29) is 0 Å². The lowest BCUT2D eigenvalue weighted by molar-refractivity contribution is 0.672. The number of benzene rings is 7. The van der Waals surface area contributed by atoms with Crippen molar-refractivity contribution >= 4 is 60.1 Å². The molecular formula is C37H25N3O. The third-order valence-corrected chi connectivity index (χ3v) is 8.20. The minimum atomic E-state index is 0.314. The first-order chi connectivity index (χ1) is 20.2. The maximum atomic E-state index is 6.48. The first-order valence-corrected chi connectivity index (χ1v) is 13.6. The second-order valence-corrected chi connectivity index (χ2v) is 10.4. The molecular weight excluding hydrogens is 502 g/mol. The lowest BCUT2D eigenvalue weighted by Crippen LogP contribution is -2.17. The van der Waals surface area contributed by atoms with Crippen LogP contribution in [-0.2, 0) is 0 Å². The zero-order valence-corrected chi connectivity index (χ0v) is 22.1. The maximum Gasteiger partial charge on any atom is 0.151 e. The third-order valence-electron chi connectivity index (χ3n) is 8.20. The molecule has 4 N–H and O–H groups in total. The molecule has 4 heteroatoms. The van der Waals surface area contributed by atoms with Crippen LogP contribution in [0.15, 0.2) is 137 Å². The molecule has 41 heavy (non-hydrogen) atoms. The molecule has 0 radical (unpaired) electrons. The summed E-state index contributed by atoms with van der Waals surface area (Å²) in [6.07, 6.45) is 0. The second kappa shape index (κ2) is 8.97. The SMILES string of the molecule is N/N=C(\N)c1c(-c2ccc(-c3cc4c5ccccc5oc4c4ccccc34)cc2)c2ccccc2c2ccccc12. The van der Waals surface area contributed by atoms with Crippen LogP contribution in [0.4, 0.5) is 0 Å². The summed E-state index contributed by atoms with van der Waals surface area (Å²) in [5.41, 5.74) is 13.5. The number of hydrogen-bond donors (Lipinski definition) is 2. The Morgan fingerprint density at radius 1 is 0.512 bits per heavy atom. The van der Waals surface area contributed by atoms with Crippen LogP contribution in [0, 0.1) is 0 Å². The fourth-order valence-electron chi connectivity index (χ4n) is 6.37. The van der Waals surface area contributed by atoms with Gasteiger partial charge in [0.15, 0.2) is 5.84 Å². The van der Waals surface area contributed by atoms with Crippen LogP contribution in [0.25, 0.3) is 76.5 Å². The highest BCUT2D eigenvalue weighted by atomic mass is 16.3. The van der Waals surface area contributed by atoms with E-state index in [4.69, 9.17) is 16.0 Å². The molecule has 0 aliphatic heterocycles. The average Bonchev–Trinajstić information content (AvgIpc) is 3.42. The molecule has 0 spiro atoms. The summed E-state index contributed by atoms with van der Waals surface area (Å²) in [6.45, 7) is 0. The molecule has 7 aromatic carbocycles. The monoisotopic (exact) mass is 527 g/mol. The van der Waals surface area contributed by atoms with Gasteiger partial charge in [-0.25, -0.2) is 0 Å². The van der Waals surface area contributed by atoms with Gasteiger partial charge in [-0.3, -0.25) is 0 Å². The van der Waals surface area contributed by atoms with Gasteiger partial charge in [-0.2, -0.15) is 5.10 Å². The Labute approximate surface area is 236 Å². The molecule has 0 amide bonds. The number of nitrogens with zero attached hydrogens (tertiary/aromatic N) is 1. The maximum absolute atomic E-state index is 6.48. The van der Waals surface area contributed by atoms with Crippen LogP contribution >= 0.6 is 0 Å². The van der Waals surface area contributed by atoms with Crippen molar-refractivity contribution in [1.82, 2.24) is 0 Å². The Hall–Kier alpha value is -5.61. The largest absolute Gasteiger partial charge is 0.455 e. The highest BCUT2D eigenvalue weighted by molar-refractivity contribution is 6.25. The van der Waals surface area contributed by atoms with Crippen molar-refractivity contribution in [2.75, 3.05) is 0 Å². The van der Waals surface area contributed by atoms with E-state index in [1.165, 1.54) is 5.39 Å². The van der Waals surface area contributed by atoms with E-state index in [1.54, 1.807) is 0 Å². The van der Waals surface area contributed by atoms with Gasteiger partial charge in [-0.05, 0) is 55.8 Å². The first kappa shape index (κ1) is 23.3. The summed E-state index contributed by atoms with van der Waals surface area (Å²) in [5.74, 6) is 6.08. The van der Waals surface area contributed by atoms with Gasteiger partial charge in [-0.1, -0.05) is 115 Å². The molecule has 4 nitrogen and oxygen atoms in total. The highest BCUT2D eigenvalue weighted by Crippen LogP contribution is 2.42. The highest BCUT2D eigenvalue weighted by Gasteiger charge is 2.19. The average molecular weight is 528 g/mol. The van der Waals surface area contributed by atoms with Crippen LogP contribution in [0.3, 0.4) is 0 Å². The lowest BCUT2D eigenvalue weighted by atomic mass is 9.87. The number of furan rings is 1. The molecule has 0 aliphatic rings. The summed E-state index contributed by atoms with van der Waals surface area (Å²) >= 11 is 0. The van der Waals surface area contributed by atoms with E-state index < -0.39 is 0 Å². The van der Waals surface area contributed by atoms with Gasteiger partial charge in [-0.15, -0.1) is 0 Å². The molecule has 1 heterocycles. The molecule has 0 saturated carbocycles. The molecule has 0 bridgehead atoms. The second-order valence-electron chi connectivity index (χ2n) is 10.4. The molecule has 194 valence electrons. The van der Waals surface area contributed by atoms with Crippen LogP contribution in [0.1, 0.15) is 5.56 Å². The Morgan fingerprint density at radius 3 is 1.76 bits per heavy atom. The molecule has 8 aromatic rings. The lowest BCUT2D eigenvalue weighted by Gasteiger charge is -2.18. The van der Waals surface area contributed by atoms with Crippen molar-refractivity contribution in [3.63, 3.8) is 0 Å². The fraction of sp³-hybridized carbons (Fsp3) is 0. The molecule has 0 aliphatic carbocycles. The minimum Gasteiger partial charge on any atom is -0.455 e. The number of nitrogens with two attached hydrogens (primary N) is 2. The first-order valence-electron chi connectivity index (χ1n) is 13.6. The van der Waals surface area contributed by atoms with Crippen molar-refractivity contribution in [2.45, 2.75) is 0 Å². The van der Waals surface area contributed by atoms with E-state index in [0.717, 1.165) is 76.7 Å². The molecule has 0 fully saturated rings. The molecule has 1 aromatic heterocycles. The van der Waals surface area contributed by atoms with E-state index in [1.807, 2.05) is 24.3 Å². The summed E-state index contributed by atoms with van der Waals surface area (Å²) in [6, 6.07) is 44.4. The predicted octanol–water partition coefficient (Wildman–Crippen LogP) is 8.96. The zero-order valence-electron chi connectivity index (χ0n) is 22.1. The zero-order chi connectivity index (χ0) is 27.5. The third kappa shape index (κ3) is 3.44. The van der Waals surface area contributed by atoms with Crippen molar-refractivity contribution < 1.29 is 4.42 Å².